The summed E-state index contributed by atoms with van der Waals surface area (Å²) in [5.41, 5.74) is 0. The molecule has 1 aromatic heterocycles. The number of furan rings is 1. The van der Waals surface area contributed by atoms with Crippen LogP contribution in [0.3, 0.4) is 0 Å². The molecule has 110 valence electrons. The first-order chi connectivity index (χ1) is 9.22. The van der Waals surface area contributed by atoms with E-state index in [4.69, 9.17) is 18.6 Å². The van der Waals surface area contributed by atoms with E-state index in [-0.39, 0.29) is 0 Å². The molecule has 0 saturated heterocycles. The number of ether oxygens (including phenoxy) is 3. The number of hydrogen-bond acceptors (Lipinski definition) is 5. The molecule has 0 radical (unpaired) electrons. The lowest BCUT2D eigenvalue weighted by molar-refractivity contribution is 0.0159. The summed E-state index contributed by atoms with van der Waals surface area (Å²) in [6, 6.07) is 4.38. The van der Waals surface area contributed by atoms with Gasteiger partial charge in [-0.05, 0) is 12.1 Å². The van der Waals surface area contributed by atoms with E-state index < -0.39 is 0 Å². The Bertz CT molecular complexity index is 325. The highest BCUT2D eigenvalue weighted by molar-refractivity contribution is 5.06. The van der Waals surface area contributed by atoms with Crippen LogP contribution in [-0.4, -0.2) is 39.6 Å². The molecule has 0 aromatic carbocycles. The first-order valence-electron chi connectivity index (χ1n) is 6.67. The van der Waals surface area contributed by atoms with Crippen LogP contribution in [0, 0.1) is 0 Å². The third-order valence-corrected chi connectivity index (χ3v) is 2.45. The first-order valence-corrected chi connectivity index (χ1v) is 6.67. The van der Waals surface area contributed by atoms with Crippen molar-refractivity contribution < 1.29 is 18.6 Å². The van der Waals surface area contributed by atoms with Gasteiger partial charge >= 0.3 is 0 Å². The molecule has 19 heavy (non-hydrogen) atoms. The zero-order chi connectivity index (χ0) is 13.9. The van der Waals surface area contributed by atoms with E-state index >= 15 is 0 Å². The van der Waals surface area contributed by atoms with Gasteiger partial charge in [-0.1, -0.05) is 13.8 Å². The molecule has 0 fully saturated rings. The van der Waals surface area contributed by atoms with Crippen LogP contribution in [0.2, 0.25) is 0 Å². The normalized spacial score (nSPS) is 11.4. The molecule has 0 aliphatic rings. The van der Waals surface area contributed by atoms with Gasteiger partial charge in [0.25, 0.3) is 0 Å². The largest absolute Gasteiger partial charge is 0.462 e. The second kappa shape index (κ2) is 9.97. The fourth-order valence-corrected chi connectivity index (χ4v) is 1.43. The fourth-order valence-electron chi connectivity index (χ4n) is 1.43. The molecule has 0 spiro atoms. The molecule has 0 amide bonds. The molecule has 0 aliphatic carbocycles. The van der Waals surface area contributed by atoms with Gasteiger partial charge in [-0.2, -0.15) is 0 Å². The second-order valence-electron chi connectivity index (χ2n) is 4.56. The zero-order valence-electron chi connectivity index (χ0n) is 12.1. The third-order valence-electron chi connectivity index (χ3n) is 2.45. The van der Waals surface area contributed by atoms with Crippen molar-refractivity contribution in [2.45, 2.75) is 33.0 Å². The van der Waals surface area contributed by atoms with Crippen molar-refractivity contribution in [1.82, 2.24) is 5.32 Å². The smallest absolute Gasteiger partial charge is 0.129 e. The van der Waals surface area contributed by atoms with Gasteiger partial charge < -0.3 is 23.9 Å². The summed E-state index contributed by atoms with van der Waals surface area (Å²) in [5.74, 6) is 1.78. The molecule has 1 aromatic rings. The molecule has 1 N–H and O–H groups in total. The van der Waals surface area contributed by atoms with E-state index in [9.17, 15) is 0 Å². The standard InChI is InChI=1S/C14H25NO4/c1-12(2)15-10-13-4-5-14(19-13)11-18-9-8-17-7-6-16-3/h4-5,12,15H,6-11H2,1-3H3. The van der Waals surface area contributed by atoms with Crippen LogP contribution >= 0.6 is 0 Å². The summed E-state index contributed by atoms with van der Waals surface area (Å²) < 4.78 is 21.3. The molecule has 0 saturated carbocycles. The molecular weight excluding hydrogens is 246 g/mol. The lowest BCUT2D eigenvalue weighted by Crippen LogP contribution is -2.21. The number of nitrogens with one attached hydrogen (secondary N) is 1. The molecule has 1 heterocycles. The van der Waals surface area contributed by atoms with E-state index in [1.165, 1.54) is 0 Å². The highest BCUT2D eigenvalue weighted by Crippen LogP contribution is 2.09. The number of rotatable bonds is 11. The summed E-state index contributed by atoms with van der Waals surface area (Å²) in [5, 5.41) is 3.30. The maximum Gasteiger partial charge on any atom is 0.129 e. The van der Waals surface area contributed by atoms with Crippen LogP contribution < -0.4 is 5.32 Å². The lowest BCUT2D eigenvalue weighted by atomic mass is 10.3. The monoisotopic (exact) mass is 271 g/mol. The summed E-state index contributed by atoms with van der Waals surface area (Å²) in [6.45, 7) is 7.80. The maximum atomic E-state index is 5.63. The van der Waals surface area contributed by atoms with Crippen LogP contribution in [0.25, 0.3) is 0 Å². The van der Waals surface area contributed by atoms with E-state index in [0.717, 1.165) is 18.1 Å². The Kier molecular flexibility index (Phi) is 8.49. The number of hydrogen-bond donors (Lipinski definition) is 1. The summed E-state index contributed by atoms with van der Waals surface area (Å²) >= 11 is 0. The van der Waals surface area contributed by atoms with Crippen LogP contribution in [0.4, 0.5) is 0 Å². The Hall–Kier alpha value is -0.880. The van der Waals surface area contributed by atoms with Crippen molar-refractivity contribution in [3.63, 3.8) is 0 Å². The number of methoxy groups -OCH3 is 1. The van der Waals surface area contributed by atoms with Crippen molar-refractivity contribution in [2.75, 3.05) is 33.5 Å². The van der Waals surface area contributed by atoms with E-state index in [1.54, 1.807) is 7.11 Å². The molecule has 5 heteroatoms. The maximum absolute atomic E-state index is 5.63. The van der Waals surface area contributed by atoms with E-state index in [0.29, 0.717) is 39.1 Å². The van der Waals surface area contributed by atoms with Crippen molar-refractivity contribution in [3.8, 4) is 0 Å². The summed E-state index contributed by atoms with van der Waals surface area (Å²) in [7, 11) is 1.66. The van der Waals surface area contributed by atoms with Gasteiger partial charge in [0, 0.05) is 13.2 Å². The van der Waals surface area contributed by atoms with Gasteiger partial charge in [-0.15, -0.1) is 0 Å². The fraction of sp³-hybridized carbons (Fsp3) is 0.714. The van der Waals surface area contributed by atoms with Crippen LogP contribution in [0.15, 0.2) is 16.5 Å². The Labute approximate surface area is 115 Å². The predicted molar refractivity (Wildman–Crippen MR) is 73.0 cm³/mol. The van der Waals surface area contributed by atoms with E-state index in [2.05, 4.69) is 19.2 Å². The van der Waals surface area contributed by atoms with Crippen molar-refractivity contribution in [1.29, 1.82) is 0 Å². The average Bonchev–Trinajstić information content (AvgIpc) is 2.83. The minimum absolute atomic E-state index is 0.453. The van der Waals surface area contributed by atoms with Gasteiger partial charge in [-0.3, -0.25) is 0 Å². The van der Waals surface area contributed by atoms with Crippen LogP contribution in [-0.2, 0) is 27.4 Å². The zero-order valence-corrected chi connectivity index (χ0v) is 12.1. The van der Waals surface area contributed by atoms with Crippen molar-refractivity contribution >= 4 is 0 Å². The van der Waals surface area contributed by atoms with Gasteiger partial charge in [-0.25, -0.2) is 0 Å². The summed E-state index contributed by atoms with van der Waals surface area (Å²) in [4.78, 5) is 0. The summed E-state index contributed by atoms with van der Waals surface area (Å²) in [6.07, 6.45) is 0. The van der Waals surface area contributed by atoms with Crippen LogP contribution in [0.5, 0.6) is 0 Å². The van der Waals surface area contributed by atoms with Crippen molar-refractivity contribution in [3.05, 3.63) is 23.7 Å². The van der Waals surface area contributed by atoms with E-state index in [1.807, 2.05) is 12.1 Å². The SMILES string of the molecule is COCCOCCOCc1ccc(CNC(C)C)o1. The average molecular weight is 271 g/mol. The second-order valence-corrected chi connectivity index (χ2v) is 4.56. The highest BCUT2D eigenvalue weighted by atomic mass is 16.5. The molecule has 0 aliphatic heterocycles. The van der Waals surface area contributed by atoms with Gasteiger partial charge in [0.05, 0.1) is 33.0 Å². The van der Waals surface area contributed by atoms with Crippen molar-refractivity contribution in [2.24, 2.45) is 0 Å². The Morgan fingerprint density at radius 2 is 1.74 bits per heavy atom. The molecule has 0 unspecified atom stereocenters. The molecule has 1 rings (SSSR count). The topological polar surface area (TPSA) is 52.9 Å². The Balaban J connectivity index is 2.06. The Morgan fingerprint density at radius 1 is 1.05 bits per heavy atom. The molecule has 0 atom stereocenters. The minimum Gasteiger partial charge on any atom is -0.462 e. The van der Waals surface area contributed by atoms with Gasteiger partial charge in [0.15, 0.2) is 0 Å². The third kappa shape index (κ3) is 8.00. The lowest BCUT2D eigenvalue weighted by Gasteiger charge is -2.05. The van der Waals surface area contributed by atoms with Gasteiger partial charge in [0.1, 0.15) is 18.1 Å². The highest BCUT2D eigenvalue weighted by Gasteiger charge is 2.03. The minimum atomic E-state index is 0.453. The van der Waals surface area contributed by atoms with Gasteiger partial charge in [0.2, 0.25) is 0 Å². The molecule has 0 bridgehead atoms. The first kappa shape index (κ1) is 16.2. The molecular formula is C14H25NO4. The predicted octanol–water partition coefficient (Wildman–Crippen LogP) is 1.96. The van der Waals surface area contributed by atoms with Crippen LogP contribution in [0.1, 0.15) is 25.4 Å². The Morgan fingerprint density at radius 3 is 2.47 bits per heavy atom. The quantitative estimate of drug-likeness (QED) is 0.623. The molecule has 5 nitrogen and oxygen atoms in total.